The van der Waals surface area contributed by atoms with Crippen molar-refractivity contribution in [1.82, 2.24) is 25.3 Å². The molecule has 0 spiro atoms. The lowest BCUT2D eigenvalue weighted by Crippen LogP contribution is -2.38. The Morgan fingerprint density at radius 3 is 2.42 bits per heavy atom. The van der Waals surface area contributed by atoms with Gasteiger partial charge >= 0.3 is 6.36 Å². The van der Waals surface area contributed by atoms with Crippen LogP contribution in [0.25, 0.3) is 22.4 Å². The first kappa shape index (κ1) is 23.1. The molecule has 8 nitrogen and oxygen atoms in total. The molecule has 2 aromatic carbocycles. The summed E-state index contributed by atoms with van der Waals surface area (Å²) in [6, 6.07) is 11.9. The van der Waals surface area contributed by atoms with Crippen molar-refractivity contribution in [3.63, 3.8) is 0 Å². The van der Waals surface area contributed by atoms with Crippen molar-refractivity contribution in [3.05, 3.63) is 84.3 Å². The van der Waals surface area contributed by atoms with Gasteiger partial charge in [0.05, 0.1) is 5.56 Å². The van der Waals surface area contributed by atoms with E-state index in [-0.39, 0.29) is 35.3 Å². The summed E-state index contributed by atoms with van der Waals surface area (Å²) >= 11 is 0. The van der Waals surface area contributed by atoms with Crippen LogP contribution >= 0.6 is 0 Å². The first-order valence-electron chi connectivity index (χ1n) is 10.3. The molecule has 0 unspecified atom stereocenters. The first-order chi connectivity index (χ1) is 17.2. The summed E-state index contributed by atoms with van der Waals surface area (Å²) in [5, 5.41) is 12.3. The summed E-state index contributed by atoms with van der Waals surface area (Å²) in [6.45, 7) is 0.232. The number of aromatic nitrogens is 6. The molecule has 5 aromatic rings. The van der Waals surface area contributed by atoms with Crippen LogP contribution in [0.4, 0.5) is 22.0 Å². The maximum absolute atomic E-state index is 14.1. The molecule has 1 N–H and O–H groups in total. The van der Waals surface area contributed by atoms with Gasteiger partial charge in [0.15, 0.2) is 11.6 Å². The van der Waals surface area contributed by atoms with Crippen molar-refractivity contribution in [2.45, 2.75) is 12.9 Å². The van der Waals surface area contributed by atoms with Gasteiger partial charge in [-0.1, -0.05) is 10.7 Å². The highest BCUT2D eigenvalue weighted by atomic mass is 19.4. The second kappa shape index (κ2) is 9.17. The zero-order valence-electron chi connectivity index (χ0n) is 18.0. The highest BCUT2D eigenvalue weighted by molar-refractivity contribution is 5.77. The summed E-state index contributed by atoms with van der Waals surface area (Å²) in [4.78, 5) is 7.21. The molecule has 3 aromatic heterocycles. The third-order valence-electron chi connectivity index (χ3n) is 4.87. The molecule has 0 saturated carbocycles. The fourth-order valence-corrected chi connectivity index (χ4v) is 3.29. The van der Waals surface area contributed by atoms with Crippen molar-refractivity contribution in [2.75, 3.05) is 0 Å². The van der Waals surface area contributed by atoms with E-state index in [4.69, 9.17) is 4.74 Å². The number of aromatic amines is 1. The van der Waals surface area contributed by atoms with E-state index in [1.54, 1.807) is 23.0 Å². The maximum atomic E-state index is 14.1. The van der Waals surface area contributed by atoms with E-state index in [2.05, 4.69) is 30.0 Å². The third-order valence-corrected chi connectivity index (χ3v) is 4.87. The van der Waals surface area contributed by atoms with Crippen molar-refractivity contribution in [3.8, 4) is 28.8 Å². The molecule has 13 heteroatoms. The molecule has 5 rings (SSSR count). The lowest BCUT2D eigenvalue weighted by atomic mass is 10.2. The normalized spacial score (nSPS) is 11.6. The molecule has 0 saturated heterocycles. The highest BCUT2D eigenvalue weighted by Gasteiger charge is 2.31. The van der Waals surface area contributed by atoms with E-state index in [0.29, 0.717) is 16.7 Å². The maximum Gasteiger partial charge on any atom is 0.573 e. The molecule has 3 heterocycles. The molecule has 0 aliphatic heterocycles. The molecule has 0 radical (unpaired) electrons. The van der Waals surface area contributed by atoms with Crippen LogP contribution < -0.4 is 14.2 Å². The second-order valence-corrected chi connectivity index (χ2v) is 7.44. The van der Waals surface area contributed by atoms with E-state index in [0.717, 1.165) is 18.2 Å². The van der Waals surface area contributed by atoms with E-state index in [1.807, 2.05) is 0 Å². The summed E-state index contributed by atoms with van der Waals surface area (Å²) < 4.78 is 75.2. The van der Waals surface area contributed by atoms with E-state index in [1.165, 1.54) is 30.5 Å². The number of nitrogens with one attached hydrogen (secondary N) is 1. The lowest BCUT2D eigenvalue weighted by molar-refractivity contribution is -0.745. The average Bonchev–Trinajstić information content (AvgIpc) is 3.26. The summed E-state index contributed by atoms with van der Waals surface area (Å²) in [5.41, 5.74) is 1.55. The van der Waals surface area contributed by atoms with E-state index >= 15 is 0 Å². The van der Waals surface area contributed by atoms with E-state index in [9.17, 15) is 22.0 Å². The molecule has 0 amide bonds. The zero-order chi connectivity index (χ0) is 25.3. The van der Waals surface area contributed by atoms with Crippen LogP contribution in [0, 0.1) is 11.6 Å². The first-order valence-corrected chi connectivity index (χ1v) is 10.3. The van der Waals surface area contributed by atoms with Crippen LogP contribution in [0.1, 0.15) is 5.69 Å². The van der Waals surface area contributed by atoms with Crippen LogP contribution in [0.3, 0.4) is 0 Å². The van der Waals surface area contributed by atoms with Gasteiger partial charge in [0.2, 0.25) is 18.6 Å². The Labute approximate surface area is 199 Å². The Balaban J connectivity index is 1.27. The molecule has 0 aliphatic carbocycles. The minimum Gasteiger partial charge on any atom is -0.438 e. The summed E-state index contributed by atoms with van der Waals surface area (Å²) in [5.74, 6) is -1.80. The zero-order valence-corrected chi connectivity index (χ0v) is 18.0. The number of alkyl halides is 3. The van der Waals surface area contributed by atoms with Gasteiger partial charge in [-0.3, -0.25) is 0 Å². The molecular formula is C23H14F5N6O2+. The van der Waals surface area contributed by atoms with Crippen molar-refractivity contribution in [1.29, 1.82) is 0 Å². The average molecular weight is 501 g/mol. The number of H-pyrrole nitrogens is 1. The van der Waals surface area contributed by atoms with Gasteiger partial charge in [0.1, 0.15) is 40.2 Å². The summed E-state index contributed by atoms with van der Waals surface area (Å²) in [7, 11) is 0. The molecule has 36 heavy (non-hydrogen) atoms. The van der Waals surface area contributed by atoms with Gasteiger partial charge in [0.25, 0.3) is 0 Å². The number of hydrogen-bond donors (Lipinski definition) is 1. The standard InChI is InChI=1S/C23H13F5N6O2/c24-17-3-1-2-16(21(17)25)22-30-18-10-29-34(12-19(18)31-22)11-13-4-9-20(33-32-13)35-14-5-7-15(8-6-14)36-23(26,27)28/h1-10,12H,11H2/p+1. The van der Waals surface area contributed by atoms with Gasteiger partial charge in [-0.2, -0.15) is 0 Å². The van der Waals surface area contributed by atoms with Crippen LogP contribution in [-0.4, -0.2) is 31.6 Å². The number of benzene rings is 2. The Morgan fingerprint density at radius 2 is 1.69 bits per heavy atom. The minimum atomic E-state index is -4.78. The largest absolute Gasteiger partial charge is 0.573 e. The number of hydrogen-bond acceptors (Lipinski definition) is 6. The van der Waals surface area contributed by atoms with Crippen molar-refractivity contribution in [2.24, 2.45) is 0 Å². The number of nitrogens with zero attached hydrogens (tertiary/aromatic N) is 5. The number of imidazole rings is 1. The molecule has 0 fully saturated rings. The Bertz CT molecular complexity index is 1520. The fourth-order valence-electron chi connectivity index (χ4n) is 3.29. The van der Waals surface area contributed by atoms with Gasteiger partial charge in [0, 0.05) is 6.07 Å². The fraction of sp³-hybridized carbons (Fsp3) is 0.0870. The topological polar surface area (TPSA) is 89.7 Å². The smallest absolute Gasteiger partial charge is 0.438 e. The van der Waals surface area contributed by atoms with Crippen LogP contribution in [0.5, 0.6) is 17.4 Å². The van der Waals surface area contributed by atoms with Gasteiger partial charge < -0.3 is 14.5 Å². The monoisotopic (exact) mass is 501 g/mol. The quantitative estimate of drug-likeness (QED) is 0.268. The lowest BCUT2D eigenvalue weighted by Gasteiger charge is -2.09. The third kappa shape index (κ3) is 5.19. The molecule has 0 aliphatic rings. The Hall–Kier alpha value is -4.68. The predicted octanol–water partition coefficient (Wildman–Crippen LogP) is 4.72. The van der Waals surface area contributed by atoms with Crippen LogP contribution in [-0.2, 0) is 6.54 Å². The SMILES string of the molecule is Fc1cccc(-c2nc3cn[n+](Cc4ccc(Oc5ccc(OC(F)(F)F)cc5)nn4)cc3[nH]2)c1F. The van der Waals surface area contributed by atoms with Crippen molar-refractivity contribution < 1.29 is 36.1 Å². The Morgan fingerprint density at radius 1 is 0.917 bits per heavy atom. The van der Waals surface area contributed by atoms with Gasteiger partial charge in [-0.25, -0.2) is 13.8 Å². The molecular weight excluding hydrogens is 487 g/mol. The number of halogens is 5. The van der Waals surface area contributed by atoms with Gasteiger partial charge in [-0.15, -0.1) is 23.4 Å². The number of rotatable bonds is 6. The van der Waals surface area contributed by atoms with Crippen molar-refractivity contribution >= 4 is 11.0 Å². The van der Waals surface area contributed by atoms with Crippen LogP contribution in [0.15, 0.2) is 67.0 Å². The molecule has 0 atom stereocenters. The number of fused-ring (bicyclic) bond motifs is 1. The highest BCUT2D eigenvalue weighted by Crippen LogP contribution is 2.27. The van der Waals surface area contributed by atoms with E-state index < -0.39 is 18.0 Å². The predicted molar refractivity (Wildman–Crippen MR) is 114 cm³/mol. The second-order valence-electron chi connectivity index (χ2n) is 7.44. The van der Waals surface area contributed by atoms with Gasteiger partial charge in [-0.05, 0) is 47.6 Å². The summed E-state index contributed by atoms with van der Waals surface area (Å²) in [6.07, 6.45) is -1.66. The number of ether oxygens (including phenoxy) is 2. The Kier molecular flexibility index (Phi) is 5.88. The van der Waals surface area contributed by atoms with Crippen LogP contribution in [0.2, 0.25) is 0 Å². The molecule has 0 bridgehead atoms. The minimum absolute atomic E-state index is 0.00160. The molecule has 182 valence electrons.